The molecule has 1 aliphatic heterocycles. The molecular weight excluding hydrogens is 444 g/mol. The summed E-state index contributed by atoms with van der Waals surface area (Å²) in [4.78, 5) is 22.5. The minimum absolute atomic E-state index is 0.274. The van der Waals surface area contributed by atoms with Gasteiger partial charge in [0.25, 0.3) is 5.91 Å². The van der Waals surface area contributed by atoms with E-state index in [1.54, 1.807) is 43.4 Å². The SMILES string of the molecule is COc1ccc([C@H]2C(C(=O)Nc3ccccc3OC)=C(C)Nc3nc(-c4cccnc4)nn32)cc1. The van der Waals surface area contributed by atoms with E-state index in [0.717, 1.165) is 16.9 Å². The predicted molar refractivity (Wildman–Crippen MR) is 132 cm³/mol. The summed E-state index contributed by atoms with van der Waals surface area (Å²) < 4.78 is 12.5. The zero-order chi connectivity index (χ0) is 24.4. The van der Waals surface area contributed by atoms with E-state index in [4.69, 9.17) is 14.6 Å². The Bertz CT molecular complexity index is 1400. The van der Waals surface area contributed by atoms with E-state index in [-0.39, 0.29) is 5.91 Å². The van der Waals surface area contributed by atoms with Gasteiger partial charge in [0.1, 0.15) is 17.5 Å². The number of para-hydroxylation sites is 2. The molecule has 0 radical (unpaired) electrons. The van der Waals surface area contributed by atoms with Crippen LogP contribution >= 0.6 is 0 Å². The molecule has 9 nitrogen and oxygen atoms in total. The number of nitrogens with one attached hydrogen (secondary N) is 2. The van der Waals surface area contributed by atoms with Crippen molar-refractivity contribution in [2.24, 2.45) is 0 Å². The summed E-state index contributed by atoms with van der Waals surface area (Å²) in [7, 11) is 3.19. The van der Waals surface area contributed by atoms with Crippen molar-refractivity contribution < 1.29 is 14.3 Å². The maximum absolute atomic E-state index is 13.7. The highest BCUT2D eigenvalue weighted by Crippen LogP contribution is 2.37. The number of nitrogens with zero attached hydrogens (tertiary/aromatic N) is 4. The van der Waals surface area contributed by atoms with Gasteiger partial charge < -0.3 is 20.1 Å². The molecular formula is C26H24N6O3. The normalized spacial score (nSPS) is 14.7. The van der Waals surface area contributed by atoms with Gasteiger partial charge in [0.05, 0.1) is 25.5 Å². The first-order valence-electron chi connectivity index (χ1n) is 11.0. The number of allylic oxidation sites excluding steroid dienone is 1. The molecule has 0 unspecified atom stereocenters. The van der Waals surface area contributed by atoms with Gasteiger partial charge in [0.15, 0.2) is 5.82 Å². The Morgan fingerprint density at radius 1 is 1.03 bits per heavy atom. The van der Waals surface area contributed by atoms with Crippen molar-refractivity contribution in [3.63, 3.8) is 0 Å². The Hall–Kier alpha value is -4.66. The molecule has 2 aromatic heterocycles. The largest absolute Gasteiger partial charge is 0.497 e. The average molecular weight is 469 g/mol. The zero-order valence-corrected chi connectivity index (χ0v) is 19.5. The molecule has 0 fully saturated rings. The Balaban J connectivity index is 1.60. The molecule has 1 amide bonds. The summed E-state index contributed by atoms with van der Waals surface area (Å²) >= 11 is 0. The van der Waals surface area contributed by atoms with Crippen LogP contribution in [-0.2, 0) is 4.79 Å². The summed E-state index contributed by atoms with van der Waals surface area (Å²) in [6.07, 6.45) is 3.41. The lowest BCUT2D eigenvalue weighted by Gasteiger charge is -2.29. The second-order valence-corrected chi connectivity index (χ2v) is 7.94. The van der Waals surface area contributed by atoms with Gasteiger partial charge in [-0.05, 0) is 48.9 Å². The Labute approximate surface area is 202 Å². The quantitative estimate of drug-likeness (QED) is 0.435. The zero-order valence-electron chi connectivity index (χ0n) is 19.5. The number of hydrogen-bond donors (Lipinski definition) is 2. The monoisotopic (exact) mass is 468 g/mol. The average Bonchev–Trinajstić information content (AvgIpc) is 3.32. The second-order valence-electron chi connectivity index (χ2n) is 7.94. The standard InChI is InChI=1S/C26H24N6O3/c1-16-22(25(33)29-20-8-4-5-9-21(20)35-3)23(17-10-12-19(34-2)13-11-17)32-26(28-16)30-24(31-32)18-7-6-14-27-15-18/h4-15,23H,1-3H3,(H,29,33)(H,28,30,31)/t23-/m0/s1. The Morgan fingerprint density at radius 3 is 2.54 bits per heavy atom. The minimum Gasteiger partial charge on any atom is -0.497 e. The van der Waals surface area contributed by atoms with Crippen molar-refractivity contribution in [2.45, 2.75) is 13.0 Å². The molecule has 4 aromatic rings. The molecule has 1 aliphatic rings. The summed E-state index contributed by atoms with van der Waals surface area (Å²) in [5.41, 5.74) is 3.41. The molecule has 35 heavy (non-hydrogen) atoms. The third kappa shape index (κ3) is 4.19. The second kappa shape index (κ2) is 9.30. The third-order valence-corrected chi connectivity index (χ3v) is 5.80. The maximum atomic E-state index is 13.7. The first-order chi connectivity index (χ1) is 17.1. The van der Waals surface area contributed by atoms with Gasteiger partial charge in [0.2, 0.25) is 5.95 Å². The Kier molecular flexibility index (Phi) is 5.88. The predicted octanol–water partition coefficient (Wildman–Crippen LogP) is 4.28. The number of hydrogen-bond acceptors (Lipinski definition) is 7. The van der Waals surface area contributed by atoms with Crippen LogP contribution in [0, 0.1) is 0 Å². The van der Waals surface area contributed by atoms with Crippen LogP contribution in [0.2, 0.25) is 0 Å². The van der Waals surface area contributed by atoms with Crippen LogP contribution in [0.4, 0.5) is 11.6 Å². The summed E-state index contributed by atoms with van der Waals surface area (Å²) in [6.45, 7) is 1.86. The molecule has 0 spiro atoms. The molecule has 0 aliphatic carbocycles. The summed E-state index contributed by atoms with van der Waals surface area (Å²) in [5, 5.41) is 11.0. The van der Waals surface area contributed by atoms with Crippen LogP contribution in [0.5, 0.6) is 11.5 Å². The molecule has 0 saturated heterocycles. The maximum Gasteiger partial charge on any atom is 0.255 e. The molecule has 0 saturated carbocycles. The number of benzene rings is 2. The van der Waals surface area contributed by atoms with Crippen LogP contribution in [-0.4, -0.2) is 39.9 Å². The van der Waals surface area contributed by atoms with Crippen LogP contribution in [0.15, 0.2) is 84.3 Å². The van der Waals surface area contributed by atoms with Crippen LogP contribution in [0.3, 0.4) is 0 Å². The number of pyridine rings is 1. The van der Waals surface area contributed by atoms with Crippen LogP contribution in [0.1, 0.15) is 18.5 Å². The van der Waals surface area contributed by atoms with E-state index in [1.807, 2.05) is 55.5 Å². The molecule has 0 bridgehead atoms. The number of anilines is 2. The van der Waals surface area contributed by atoms with E-state index >= 15 is 0 Å². The van der Waals surface area contributed by atoms with E-state index in [0.29, 0.717) is 34.5 Å². The van der Waals surface area contributed by atoms with Gasteiger partial charge in [-0.2, -0.15) is 4.98 Å². The summed E-state index contributed by atoms with van der Waals surface area (Å²) in [6, 6.07) is 18.1. The van der Waals surface area contributed by atoms with E-state index in [2.05, 4.69) is 20.6 Å². The molecule has 3 heterocycles. The number of methoxy groups -OCH3 is 2. The van der Waals surface area contributed by atoms with E-state index in [9.17, 15) is 4.79 Å². The highest BCUT2D eigenvalue weighted by molar-refractivity contribution is 6.06. The fourth-order valence-corrected chi connectivity index (χ4v) is 4.09. The third-order valence-electron chi connectivity index (χ3n) is 5.80. The smallest absolute Gasteiger partial charge is 0.255 e. The van der Waals surface area contributed by atoms with Gasteiger partial charge in [0, 0.05) is 23.7 Å². The molecule has 176 valence electrons. The van der Waals surface area contributed by atoms with Crippen molar-refractivity contribution in [2.75, 3.05) is 24.9 Å². The highest BCUT2D eigenvalue weighted by atomic mass is 16.5. The topological polar surface area (TPSA) is 103 Å². The number of amides is 1. The van der Waals surface area contributed by atoms with Gasteiger partial charge in [-0.25, -0.2) is 4.68 Å². The first kappa shape index (κ1) is 22.1. The molecule has 5 rings (SSSR count). The van der Waals surface area contributed by atoms with Crippen molar-refractivity contribution >= 4 is 17.5 Å². The number of aromatic nitrogens is 4. The van der Waals surface area contributed by atoms with E-state index in [1.165, 1.54) is 0 Å². The number of fused-ring (bicyclic) bond motifs is 1. The lowest BCUT2D eigenvalue weighted by atomic mass is 9.95. The van der Waals surface area contributed by atoms with Crippen molar-refractivity contribution in [1.29, 1.82) is 0 Å². The van der Waals surface area contributed by atoms with Crippen molar-refractivity contribution in [3.8, 4) is 22.9 Å². The highest BCUT2D eigenvalue weighted by Gasteiger charge is 2.34. The molecule has 1 atom stereocenters. The van der Waals surface area contributed by atoms with Gasteiger partial charge in [-0.1, -0.05) is 24.3 Å². The first-order valence-corrected chi connectivity index (χ1v) is 11.0. The fourth-order valence-electron chi connectivity index (χ4n) is 4.09. The van der Waals surface area contributed by atoms with Crippen LogP contribution in [0.25, 0.3) is 11.4 Å². The van der Waals surface area contributed by atoms with Crippen molar-refractivity contribution in [3.05, 3.63) is 89.9 Å². The molecule has 9 heteroatoms. The fraction of sp³-hybridized carbons (Fsp3) is 0.154. The lowest BCUT2D eigenvalue weighted by Crippen LogP contribution is -2.31. The molecule has 2 aromatic carbocycles. The lowest BCUT2D eigenvalue weighted by molar-refractivity contribution is -0.113. The van der Waals surface area contributed by atoms with Crippen molar-refractivity contribution in [1.82, 2.24) is 19.7 Å². The minimum atomic E-state index is -0.523. The van der Waals surface area contributed by atoms with Gasteiger partial charge in [-0.15, -0.1) is 5.10 Å². The van der Waals surface area contributed by atoms with Crippen LogP contribution < -0.4 is 20.1 Å². The summed E-state index contributed by atoms with van der Waals surface area (Å²) in [5.74, 6) is 2.07. The number of ether oxygens (including phenoxy) is 2. The molecule has 2 N–H and O–H groups in total. The van der Waals surface area contributed by atoms with Gasteiger partial charge >= 0.3 is 0 Å². The Morgan fingerprint density at radius 2 is 1.83 bits per heavy atom. The number of carbonyl (C=O) groups is 1. The van der Waals surface area contributed by atoms with Gasteiger partial charge in [-0.3, -0.25) is 9.78 Å². The number of carbonyl (C=O) groups excluding carboxylic acids is 1. The number of rotatable bonds is 6. The van der Waals surface area contributed by atoms with E-state index < -0.39 is 6.04 Å².